The molecule has 0 aliphatic rings. The first-order chi connectivity index (χ1) is 11.7. The molecule has 0 fully saturated rings. The molecule has 0 aliphatic carbocycles. The highest BCUT2D eigenvalue weighted by Crippen LogP contribution is 2.24. The third-order valence-electron chi connectivity index (χ3n) is 3.39. The van der Waals surface area contributed by atoms with E-state index in [1.54, 1.807) is 19.1 Å². The van der Waals surface area contributed by atoms with Crippen LogP contribution in [0.2, 0.25) is 5.15 Å². The molecule has 3 heterocycles. The van der Waals surface area contributed by atoms with Crippen molar-refractivity contribution in [1.29, 1.82) is 0 Å². The number of aryl methyl sites for hydroxylation is 1. The van der Waals surface area contributed by atoms with Crippen LogP contribution in [0.5, 0.6) is 11.6 Å². The Morgan fingerprint density at radius 1 is 1.24 bits per heavy atom. The van der Waals surface area contributed by atoms with Crippen LogP contribution in [0.3, 0.4) is 0 Å². The van der Waals surface area contributed by atoms with Crippen molar-refractivity contribution in [1.82, 2.24) is 29.7 Å². The van der Waals surface area contributed by atoms with Gasteiger partial charge in [-0.1, -0.05) is 32.4 Å². The SMILES string of the molecule is Cc1nc(-n2nc(C(C)(C)C)[nH]c2=O)ccc1Oc1cc(Cl)ncn1. The van der Waals surface area contributed by atoms with Crippen molar-refractivity contribution in [3.05, 3.63) is 51.7 Å². The van der Waals surface area contributed by atoms with Crippen LogP contribution < -0.4 is 10.4 Å². The van der Waals surface area contributed by atoms with Gasteiger partial charge in [-0.25, -0.2) is 19.7 Å². The minimum atomic E-state index is -0.340. The van der Waals surface area contributed by atoms with Crippen LogP contribution >= 0.6 is 11.6 Å². The predicted octanol–water partition coefficient (Wildman–Crippen LogP) is 2.80. The Morgan fingerprint density at radius 2 is 2.00 bits per heavy atom. The molecule has 3 aromatic heterocycles. The van der Waals surface area contributed by atoms with Gasteiger partial charge in [0.05, 0.1) is 5.69 Å². The summed E-state index contributed by atoms with van der Waals surface area (Å²) in [5.41, 5.74) is -0.0260. The van der Waals surface area contributed by atoms with E-state index in [1.807, 2.05) is 20.8 Å². The number of hydrogen-bond donors (Lipinski definition) is 1. The molecule has 0 aromatic carbocycles. The van der Waals surface area contributed by atoms with Crippen molar-refractivity contribution >= 4 is 11.6 Å². The molecule has 8 nitrogen and oxygen atoms in total. The van der Waals surface area contributed by atoms with Gasteiger partial charge in [-0.15, -0.1) is 5.10 Å². The molecule has 0 unspecified atom stereocenters. The van der Waals surface area contributed by atoms with Gasteiger partial charge in [0, 0.05) is 11.5 Å². The first-order valence-corrected chi connectivity index (χ1v) is 7.95. The van der Waals surface area contributed by atoms with Gasteiger partial charge in [0.15, 0.2) is 11.6 Å². The Hall–Kier alpha value is -2.74. The molecule has 0 saturated carbocycles. The van der Waals surface area contributed by atoms with Crippen LogP contribution in [0.4, 0.5) is 0 Å². The number of H-pyrrole nitrogens is 1. The fraction of sp³-hybridized carbons (Fsp3) is 0.312. The lowest BCUT2D eigenvalue weighted by molar-refractivity contribution is 0.455. The normalized spacial score (nSPS) is 11.6. The summed E-state index contributed by atoms with van der Waals surface area (Å²) in [6.07, 6.45) is 1.31. The Balaban J connectivity index is 1.92. The van der Waals surface area contributed by atoms with Crippen molar-refractivity contribution in [3.63, 3.8) is 0 Å². The lowest BCUT2D eigenvalue weighted by Crippen LogP contribution is -2.17. The molecule has 1 N–H and O–H groups in total. The molecule has 9 heteroatoms. The quantitative estimate of drug-likeness (QED) is 0.721. The van der Waals surface area contributed by atoms with Crippen molar-refractivity contribution in [2.75, 3.05) is 0 Å². The number of aromatic nitrogens is 6. The highest BCUT2D eigenvalue weighted by atomic mass is 35.5. The molecule has 0 aliphatic heterocycles. The first kappa shape index (κ1) is 17.1. The summed E-state index contributed by atoms with van der Waals surface area (Å²) in [5, 5.41) is 4.61. The molecule has 0 atom stereocenters. The largest absolute Gasteiger partial charge is 0.437 e. The molecule has 3 rings (SSSR count). The predicted molar refractivity (Wildman–Crippen MR) is 92.5 cm³/mol. The summed E-state index contributed by atoms with van der Waals surface area (Å²) >= 11 is 5.82. The van der Waals surface area contributed by atoms with E-state index in [2.05, 4.69) is 25.0 Å². The van der Waals surface area contributed by atoms with Gasteiger partial charge in [0.25, 0.3) is 0 Å². The molecule has 25 heavy (non-hydrogen) atoms. The van der Waals surface area contributed by atoms with Crippen LogP contribution in [-0.2, 0) is 5.41 Å². The number of rotatable bonds is 3. The first-order valence-electron chi connectivity index (χ1n) is 7.57. The molecular weight excluding hydrogens is 344 g/mol. The zero-order valence-corrected chi connectivity index (χ0v) is 15.0. The number of hydrogen-bond acceptors (Lipinski definition) is 6. The van der Waals surface area contributed by atoms with Crippen molar-refractivity contribution in [2.45, 2.75) is 33.1 Å². The Bertz CT molecular complexity index is 973. The number of nitrogens with one attached hydrogen (secondary N) is 1. The minimum absolute atomic E-state index is 0.269. The Morgan fingerprint density at radius 3 is 2.60 bits per heavy atom. The number of pyridine rings is 1. The van der Waals surface area contributed by atoms with E-state index in [1.165, 1.54) is 17.1 Å². The third kappa shape index (κ3) is 3.69. The minimum Gasteiger partial charge on any atom is -0.437 e. The second kappa shape index (κ2) is 6.29. The summed E-state index contributed by atoms with van der Waals surface area (Å²) in [5.74, 6) is 1.80. The van der Waals surface area contributed by atoms with E-state index >= 15 is 0 Å². The van der Waals surface area contributed by atoms with Gasteiger partial charge in [-0.2, -0.15) is 4.68 Å². The molecule has 0 saturated heterocycles. The highest BCUT2D eigenvalue weighted by Gasteiger charge is 2.20. The molecule has 130 valence electrons. The van der Waals surface area contributed by atoms with E-state index in [-0.39, 0.29) is 16.3 Å². The van der Waals surface area contributed by atoms with Crippen molar-refractivity contribution in [2.24, 2.45) is 0 Å². The topological polar surface area (TPSA) is 98.6 Å². The number of ether oxygens (including phenoxy) is 1. The second-order valence-electron chi connectivity index (χ2n) is 6.47. The summed E-state index contributed by atoms with van der Waals surface area (Å²) in [4.78, 5) is 27.1. The van der Waals surface area contributed by atoms with Crippen LogP contribution in [0.15, 0.2) is 29.3 Å². The zero-order chi connectivity index (χ0) is 18.2. The van der Waals surface area contributed by atoms with Gasteiger partial charge in [0.2, 0.25) is 5.88 Å². The average molecular weight is 361 g/mol. The summed E-state index contributed by atoms with van der Waals surface area (Å²) in [6.45, 7) is 7.68. The molecule has 0 bridgehead atoms. The van der Waals surface area contributed by atoms with Gasteiger partial charge >= 0.3 is 5.69 Å². The Labute approximate surface area is 148 Å². The van der Waals surface area contributed by atoms with Crippen LogP contribution in [0, 0.1) is 6.92 Å². The fourth-order valence-corrected chi connectivity index (χ4v) is 2.20. The van der Waals surface area contributed by atoms with Crippen LogP contribution in [0.1, 0.15) is 32.3 Å². The van der Waals surface area contributed by atoms with Crippen LogP contribution in [0.25, 0.3) is 5.82 Å². The highest BCUT2D eigenvalue weighted by molar-refractivity contribution is 6.29. The third-order valence-corrected chi connectivity index (χ3v) is 3.60. The molecular formula is C16H17ClN6O2. The maximum Gasteiger partial charge on any atom is 0.349 e. The zero-order valence-electron chi connectivity index (χ0n) is 14.2. The van der Waals surface area contributed by atoms with E-state index in [0.29, 0.717) is 29.0 Å². The number of halogens is 1. The van der Waals surface area contributed by atoms with E-state index in [9.17, 15) is 4.79 Å². The van der Waals surface area contributed by atoms with Crippen LogP contribution in [-0.4, -0.2) is 29.7 Å². The molecule has 0 amide bonds. The van der Waals surface area contributed by atoms with Gasteiger partial charge in [-0.3, -0.25) is 4.98 Å². The number of nitrogens with zero attached hydrogens (tertiary/aromatic N) is 5. The summed E-state index contributed by atoms with van der Waals surface area (Å²) in [7, 11) is 0. The van der Waals surface area contributed by atoms with Crippen molar-refractivity contribution < 1.29 is 4.74 Å². The fourth-order valence-electron chi connectivity index (χ4n) is 2.06. The smallest absolute Gasteiger partial charge is 0.349 e. The second-order valence-corrected chi connectivity index (χ2v) is 6.86. The maximum absolute atomic E-state index is 12.2. The van der Waals surface area contributed by atoms with Gasteiger partial charge in [0.1, 0.15) is 17.3 Å². The van der Waals surface area contributed by atoms with Crippen molar-refractivity contribution in [3.8, 4) is 17.4 Å². The standard InChI is InChI=1S/C16H17ClN6O2/c1-9-10(25-13-7-11(17)18-8-19-13)5-6-12(20-9)23-15(24)21-14(22-23)16(2,3)4/h5-8H,1-4H3,(H,21,22,24). The molecule has 0 radical (unpaired) electrons. The summed E-state index contributed by atoms with van der Waals surface area (Å²) in [6, 6.07) is 4.86. The van der Waals surface area contributed by atoms with E-state index in [4.69, 9.17) is 16.3 Å². The van der Waals surface area contributed by atoms with Gasteiger partial charge < -0.3 is 4.74 Å². The molecule has 3 aromatic rings. The maximum atomic E-state index is 12.2. The lowest BCUT2D eigenvalue weighted by atomic mass is 9.96. The van der Waals surface area contributed by atoms with E-state index < -0.39 is 0 Å². The van der Waals surface area contributed by atoms with Gasteiger partial charge in [-0.05, 0) is 19.1 Å². The number of aromatic amines is 1. The monoisotopic (exact) mass is 360 g/mol. The average Bonchev–Trinajstić information content (AvgIpc) is 2.91. The Kier molecular flexibility index (Phi) is 4.30. The summed E-state index contributed by atoms with van der Waals surface area (Å²) < 4.78 is 6.89. The van der Waals surface area contributed by atoms with E-state index in [0.717, 1.165) is 0 Å². The molecule has 0 spiro atoms. The lowest BCUT2D eigenvalue weighted by Gasteiger charge is -2.13.